The van der Waals surface area contributed by atoms with Gasteiger partial charge >= 0.3 is 0 Å². The third-order valence-electron chi connectivity index (χ3n) is 11.7. The average molecular weight is 830 g/mol. The first-order valence-electron chi connectivity index (χ1n) is 20.7. The summed E-state index contributed by atoms with van der Waals surface area (Å²) in [7, 11) is 3.07. The average Bonchev–Trinajstić information content (AvgIpc) is 3.94. The Hall–Kier alpha value is -6.48. The summed E-state index contributed by atoms with van der Waals surface area (Å²) in [4.78, 5) is 65.4. The maximum Gasteiger partial charge on any atom is 0.260 e. The zero-order valence-electron chi connectivity index (χ0n) is 35.0. The van der Waals surface area contributed by atoms with Crippen LogP contribution in [0.3, 0.4) is 0 Å². The summed E-state index contributed by atoms with van der Waals surface area (Å²) in [6.45, 7) is 5.88. The first-order chi connectivity index (χ1) is 29.4. The normalized spacial score (nSPS) is 19.7. The number of nitrogens with two attached hydrogens (primary N) is 1. The van der Waals surface area contributed by atoms with Crippen LogP contribution in [0, 0.1) is 11.8 Å². The quantitative estimate of drug-likeness (QED) is 0.151. The predicted molar refractivity (Wildman–Crippen MR) is 231 cm³/mol. The maximum atomic E-state index is 13.9. The van der Waals surface area contributed by atoms with Gasteiger partial charge < -0.3 is 45.1 Å². The minimum Gasteiger partial charge on any atom is -0.493 e. The fraction of sp³-hybridized carbons (Fsp3) is 0.391. The molecule has 3 aromatic rings. The van der Waals surface area contributed by atoms with Crippen LogP contribution in [0.1, 0.15) is 79.2 Å². The molecule has 5 aliphatic rings. The lowest BCUT2D eigenvalue weighted by Gasteiger charge is -2.19. The van der Waals surface area contributed by atoms with Gasteiger partial charge in [0.25, 0.3) is 11.8 Å². The second-order valence-corrected chi connectivity index (χ2v) is 16.3. The third kappa shape index (κ3) is 8.60. The molecule has 0 radical (unpaired) electrons. The number of aliphatic imine (C=N–C) groups is 2. The Morgan fingerprint density at radius 1 is 0.770 bits per heavy atom. The minimum atomic E-state index is -0.771. The Morgan fingerprint density at radius 3 is 1.87 bits per heavy atom. The smallest absolute Gasteiger partial charge is 0.260 e. The highest BCUT2D eigenvalue weighted by Gasteiger charge is 2.38. The molecule has 1 unspecified atom stereocenters. The van der Waals surface area contributed by atoms with Crippen LogP contribution < -0.4 is 35.3 Å². The molecular formula is C46H51N7O8. The highest BCUT2D eigenvalue weighted by Crippen LogP contribution is 2.45. The van der Waals surface area contributed by atoms with E-state index >= 15 is 0 Å². The van der Waals surface area contributed by atoms with E-state index in [0.717, 1.165) is 17.6 Å². The number of nitrogens with zero attached hydrogens (tertiary/aromatic N) is 4. The summed E-state index contributed by atoms with van der Waals surface area (Å²) in [5.74, 6) is 1.27. The number of hydrogen-bond donors (Lipinski definition) is 3. The second-order valence-electron chi connectivity index (χ2n) is 16.3. The van der Waals surface area contributed by atoms with Gasteiger partial charge in [0, 0.05) is 55.5 Å². The number of anilines is 1. The summed E-state index contributed by atoms with van der Waals surface area (Å²) in [6, 6.07) is 12.3. The number of amides is 4. The van der Waals surface area contributed by atoms with E-state index in [1.54, 1.807) is 66.4 Å². The van der Waals surface area contributed by atoms with Crippen molar-refractivity contribution in [3.8, 4) is 23.0 Å². The lowest BCUT2D eigenvalue weighted by atomic mass is 10.0. The molecule has 4 heterocycles. The molecule has 4 N–H and O–H groups in total. The number of hydrogen-bond acceptors (Lipinski definition) is 11. The monoisotopic (exact) mass is 829 g/mol. The highest BCUT2D eigenvalue weighted by molar-refractivity contribution is 6.06. The number of carbonyl (C=O) groups excluding carboxylic acids is 4. The first-order valence-corrected chi connectivity index (χ1v) is 20.7. The van der Waals surface area contributed by atoms with Crippen LogP contribution in [-0.4, -0.2) is 97.5 Å². The van der Waals surface area contributed by atoms with Gasteiger partial charge in [0.2, 0.25) is 11.8 Å². The Labute approximate surface area is 354 Å². The van der Waals surface area contributed by atoms with E-state index < -0.39 is 12.1 Å². The van der Waals surface area contributed by atoms with Crippen molar-refractivity contribution < 1.29 is 38.1 Å². The highest BCUT2D eigenvalue weighted by atomic mass is 16.5. The Bertz CT molecular complexity index is 2370. The molecule has 1 saturated carbocycles. The molecule has 318 valence electrons. The topological polar surface area (TPSA) is 186 Å². The molecule has 0 aromatic heterocycles. The molecule has 61 heavy (non-hydrogen) atoms. The van der Waals surface area contributed by atoms with Gasteiger partial charge in [-0.25, -0.2) is 0 Å². The molecule has 15 nitrogen and oxygen atoms in total. The number of fused-ring (bicyclic) bond motifs is 4. The van der Waals surface area contributed by atoms with Crippen LogP contribution in [0.4, 0.5) is 17.1 Å². The van der Waals surface area contributed by atoms with Crippen molar-refractivity contribution in [1.29, 1.82) is 0 Å². The lowest BCUT2D eigenvalue weighted by Crippen LogP contribution is -2.50. The summed E-state index contributed by atoms with van der Waals surface area (Å²) in [6.07, 6.45) is 11.7. The maximum absolute atomic E-state index is 13.9. The molecule has 4 atom stereocenters. The van der Waals surface area contributed by atoms with Crippen LogP contribution in [0.2, 0.25) is 0 Å². The molecular weight excluding hydrogens is 779 g/mol. The lowest BCUT2D eigenvalue weighted by molar-refractivity contribution is -0.127. The summed E-state index contributed by atoms with van der Waals surface area (Å²) in [5.41, 5.74) is 11.5. The first kappa shape index (κ1) is 41.3. The zero-order valence-corrected chi connectivity index (χ0v) is 35.0. The van der Waals surface area contributed by atoms with E-state index in [1.807, 2.05) is 44.6 Å². The second kappa shape index (κ2) is 17.2. The van der Waals surface area contributed by atoms with Crippen LogP contribution in [0.15, 0.2) is 76.5 Å². The van der Waals surface area contributed by atoms with E-state index in [9.17, 15) is 19.2 Å². The molecule has 4 amide bonds. The van der Waals surface area contributed by atoms with Crippen LogP contribution >= 0.6 is 0 Å². The molecule has 3 aromatic carbocycles. The van der Waals surface area contributed by atoms with Crippen molar-refractivity contribution in [2.45, 2.75) is 77.0 Å². The van der Waals surface area contributed by atoms with E-state index in [0.29, 0.717) is 76.6 Å². The predicted octanol–water partition coefficient (Wildman–Crippen LogP) is 6.17. The summed E-state index contributed by atoms with van der Waals surface area (Å²) >= 11 is 0. The van der Waals surface area contributed by atoms with E-state index in [4.69, 9.17) is 29.7 Å². The Morgan fingerprint density at radius 2 is 1.33 bits per heavy atom. The molecule has 1 aliphatic carbocycles. The number of ether oxygens (including phenoxy) is 4. The molecule has 4 aliphatic heterocycles. The number of methoxy groups -OCH3 is 2. The van der Waals surface area contributed by atoms with E-state index in [-0.39, 0.29) is 48.2 Å². The van der Waals surface area contributed by atoms with E-state index in [2.05, 4.69) is 15.6 Å². The van der Waals surface area contributed by atoms with Gasteiger partial charge in [0.15, 0.2) is 23.0 Å². The molecule has 0 spiro atoms. The SMILES string of the molecule is COc1cc2c(cc1OCCCOc1cc3c(cc1OC)C(=O)N1C=C(c4ccc(NC(=O)[C@H](C)NC(=O)[C@@H](N)C(C)C)cc4)C[C@H]1C=N3)N=CC1CC(C3CC3)=CN1C2=O. The standard InChI is InChI=1S/C46H51N7O8/c1-25(2)42(47)44(55)50-26(3)43(54)51-31-11-9-28(10-12-31)30-16-33-22-49-37-20-41(39(59-5)18-35(37)46(57)53(33)24-30)61-14-6-13-60-40-19-36-34(17-38(40)58-4)45(56)52-23-29(27-7-8-27)15-32(52)21-48-36/h9-12,17-27,32-33,42H,6-8,13-16,47H2,1-5H3,(H,50,55)(H,51,54)/t26-,32?,33-,42-/m0/s1. The van der Waals surface area contributed by atoms with Gasteiger partial charge in [0.05, 0.1) is 68.1 Å². The van der Waals surface area contributed by atoms with Gasteiger partial charge in [-0.15, -0.1) is 0 Å². The van der Waals surface area contributed by atoms with Gasteiger partial charge in [0.1, 0.15) is 6.04 Å². The van der Waals surface area contributed by atoms with Crippen molar-refractivity contribution in [1.82, 2.24) is 15.1 Å². The number of nitrogens with one attached hydrogen (secondary N) is 2. The summed E-state index contributed by atoms with van der Waals surface area (Å²) < 4.78 is 23.5. The van der Waals surface area contributed by atoms with Gasteiger partial charge in [-0.3, -0.25) is 29.2 Å². The van der Waals surface area contributed by atoms with Gasteiger partial charge in [-0.1, -0.05) is 26.0 Å². The fourth-order valence-corrected chi connectivity index (χ4v) is 7.82. The largest absolute Gasteiger partial charge is 0.493 e. The van der Waals surface area contributed by atoms with Crippen LogP contribution in [0.5, 0.6) is 23.0 Å². The van der Waals surface area contributed by atoms with E-state index in [1.165, 1.54) is 25.5 Å². The van der Waals surface area contributed by atoms with Crippen molar-refractivity contribution >= 4 is 58.7 Å². The van der Waals surface area contributed by atoms with Crippen molar-refractivity contribution in [2.75, 3.05) is 32.8 Å². The van der Waals surface area contributed by atoms with Crippen LogP contribution in [-0.2, 0) is 9.59 Å². The van der Waals surface area contributed by atoms with Gasteiger partial charge in [-0.2, -0.15) is 0 Å². The molecule has 8 rings (SSSR count). The fourth-order valence-electron chi connectivity index (χ4n) is 7.82. The third-order valence-corrected chi connectivity index (χ3v) is 11.7. The van der Waals surface area contributed by atoms with Crippen molar-refractivity contribution in [3.63, 3.8) is 0 Å². The Balaban J connectivity index is 0.865. The van der Waals surface area contributed by atoms with Gasteiger partial charge in [-0.05, 0) is 79.0 Å². The molecule has 15 heteroatoms. The van der Waals surface area contributed by atoms with Crippen molar-refractivity contribution in [3.05, 3.63) is 83.2 Å². The molecule has 1 fully saturated rings. The summed E-state index contributed by atoms with van der Waals surface area (Å²) in [5, 5.41) is 5.49. The van der Waals surface area contributed by atoms with Crippen molar-refractivity contribution in [2.24, 2.45) is 27.6 Å². The van der Waals surface area contributed by atoms with Crippen LogP contribution in [0.25, 0.3) is 5.57 Å². The molecule has 0 saturated heterocycles. The Kier molecular flexibility index (Phi) is 11.7. The number of carbonyl (C=O) groups is 4. The zero-order chi connectivity index (χ0) is 42.9. The number of benzene rings is 3. The number of rotatable bonds is 15. The molecule has 0 bridgehead atoms. The minimum absolute atomic E-state index is 0.0553.